The highest BCUT2D eigenvalue weighted by Crippen LogP contribution is 2.36. The van der Waals surface area contributed by atoms with E-state index in [0.29, 0.717) is 32.5 Å². The van der Waals surface area contributed by atoms with Gasteiger partial charge in [-0.2, -0.15) is 5.10 Å². The van der Waals surface area contributed by atoms with Crippen LogP contribution in [0.5, 0.6) is 0 Å². The standard InChI is InChI=1S/C22H31N5O2/c1-24-14-16-25(17-15-24)20-18-26(21(28)8-12-27-11-5-10-23-27)13-9-22(20,29)19-6-3-2-4-7-19/h2-7,10-11,20,29H,8-9,12-18H2,1H3/t20-,22+/m1/s1. The van der Waals surface area contributed by atoms with Crippen molar-refractivity contribution >= 4 is 5.91 Å². The number of carbonyl (C=O) groups is 1. The number of rotatable bonds is 5. The number of nitrogens with zero attached hydrogens (tertiary/aromatic N) is 5. The average Bonchev–Trinajstić information content (AvgIpc) is 3.27. The van der Waals surface area contributed by atoms with E-state index in [4.69, 9.17) is 0 Å². The quantitative estimate of drug-likeness (QED) is 0.816. The van der Waals surface area contributed by atoms with Crippen LogP contribution in [0.2, 0.25) is 0 Å². The molecule has 156 valence electrons. The van der Waals surface area contributed by atoms with Gasteiger partial charge in [-0.25, -0.2) is 0 Å². The van der Waals surface area contributed by atoms with Crippen molar-refractivity contribution in [2.75, 3.05) is 46.3 Å². The van der Waals surface area contributed by atoms with Crippen molar-refractivity contribution in [1.29, 1.82) is 0 Å². The molecule has 1 aromatic heterocycles. The molecule has 0 aliphatic carbocycles. The van der Waals surface area contributed by atoms with Crippen LogP contribution in [0.3, 0.4) is 0 Å². The van der Waals surface area contributed by atoms with E-state index in [1.807, 2.05) is 47.5 Å². The van der Waals surface area contributed by atoms with Crippen LogP contribution in [0.4, 0.5) is 0 Å². The molecule has 29 heavy (non-hydrogen) atoms. The van der Waals surface area contributed by atoms with Crippen molar-refractivity contribution < 1.29 is 9.90 Å². The van der Waals surface area contributed by atoms with Crippen molar-refractivity contribution in [3.63, 3.8) is 0 Å². The Kier molecular flexibility index (Phi) is 5.99. The van der Waals surface area contributed by atoms with Crippen LogP contribution in [-0.2, 0) is 16.9 Å². The number of piperidine rings is 1. The van der Waals surface area contributed by atoms with Gasteiger partial charge in [-0.15, -0.1) is 0 Å². The summed E-state index contributed by atoms with van der Waals surface area (Å²) in [7, 11) is 2.13. The third-order valence-corrected chi connectivity index (χ3v) is 6.43. The molecule has 4 rings (SSSR count). The minimum absolute atomic E-state index is 0.0963. The summed E-state index contributed by atoms with van der Waals surface area (Å²) in [5, 5.41) is 16.0. The van der Waals surface area contributed by atoms with Gasteiger partial charge >= 0.3 is 0 Å². The Morgan fingerprint density at radius 1 is 1.14 bits per heavy atom. The highest BCUT2D eigenvalue weighted by molar-refractivity contribution is 5.76. The zero-order valence-electron chi connectivity index (χ0n) is 17.2. The fraction of sp³-hybridized carbons (Fsp3) is 0.545. The molecule has 7 heteroatoms. The summed E-state index contributed by atoms with van der Waals surface area (Å²) in [6.07, 6.45) is 4.60. The number of aryl methyl sites for hydroxylation is 1. The number of aliphatic hydroxyl groups is 1. The Hall–Kier alpha value is -2.22. The minimum Gasteiger partial charge on any atom is -0.383 e. The lowest BCUT2D eigenvalue weighted by atomic mass is 9.79. The molecule has 0 spiro atoms. The van der Waals surface area contributed by atoms with Crippen LogP contribution in [0.25, 0.3) is 0 Å². The van der Waals surface area contributed by atoms with Gasteiger partial charge in [0.15, 0.2) is 0 Å². The molecule has 2 aromatic rings. The van der Waals surface area contributed by atoms with Gasteiger partial charge in [0.05, 0.1) is 6.04 Å². The molecule has 1 amide bonds. The van der Waals surface area contributed by atoms with Crippen molar-refractivity contribution in [2.45, 2.75) is 31.0 Å². The summed E-state index contributed by atoms with van der Waals surface area (Å²) >= 11 is 0. The largest absolute Gasteiger partial charge is 0.383 e. The summed E-state index contributed by atoms with van der Waals surface area (Å²) in [4.78, 5) is 19.5. The number of hydrogen-bond acceptors (Lipinski definition) is 5. The number of likely N-dealkylation sites (tertiary alicyclic amines) is 1. The summed E-state index contributed by atoms with van der Waals surface area (Å²) in [5.74, 6) is 0.134. The summed E-state index contributed by atoms with van der Waals surface area (Å²) in [6.45, 7) is 5.51. The van der Waals surface area contributed by atoms with E-state index in [1.54, 1.807) is 10.9 Å². The molecular weight excluding hydrogens is 366 g/mol. The minimum atomic E-state index is -0.935. The van der Waals surface area contributed by atoms with Crippen molar-refractivity contribution in [2.24, 2.45) is 0 Å². The van der Waals surface area contributed by atoms with Crippen LogP contribution < -0.4 is 0 Å². The third kappa shape index (κ3) is 4.37. The number of carbonyl (C=O) groups excluding carboxylic acids is 1. The first-order valence-corrected chi connectivity index (χ1v) is 10.5. The zero-order valence-corrected chi connectivity index (χ0v) is 17.2. The smallest absolute Gasteiger partial charge is 0.224 e. The Morgan fingerprint density at radius 3 is 2.59 bits per heavy atom. The lowest BCUT2D eigenvalue weighted by molar-refractivity contribution is -0.145. The fourth-order valence-corrected chi connectivity index (χ4v) is 4.57. The molecule has 3 heterocycles. The van der Waals surface area contributed by atoms with Crippen molar-refractivity contribution in [3.8, 4) is 0 Å². The normalized spacial score (nSPS) is 26.6. The van der Waals surface area contributed by atoms with Gasteiger partial charge in [0.2, 0.25) is 5.91 Å². The Bertz CT molecular complexity index is 789. The van der Waals surface area contributed by atoms with Crippen molar-refractivity contribution in [1.82, 2.24) is 24.5 Å². The number of hydrogen-bond donors (Lipinski definition) is 1. The number of aromatic nitrogens is 2. The van der Waals surface area contributed by atoms with Gasteiger partial charge in [-0.1, -0.05) is 30.3 Å². The van der Waals surface area contributed by atoms with E-state index >= 15 is 0 Å². The van der Waals surface area contributed by atoms with Gasteiger partial charge in [-0.05, 0) is 25.1 Å². The highest BCUT2D eigenvalue weighted by Gasteiger charge is 2.46. The van der Waals surface area contributed by atoms with E-state index in [1.165, 1.54) is 0 Å². The third-order valence-electron chi connectivity index (χ3n) is 6.43. The maximum absolute atomic E-state index is 12.9. The van der Waals surface area contributed by atoms with Crippen LogP contribution >= 0.6 is 0 Å². The van der Waals surface area contributed by atoms with Gasteiger partial charge in [0.1, 0.15) is 5.60 Å². The van der Waals surface area contributed by atoms with E-state index in [-0.39, 0.29) is 11.9 Å². The van der Waals surface area contributed by atoms with E-state index < -0.39 is 5.60 Å². The van der Waals surface area contributed by atoms with E-state index in [0.717, 1.165) is 31.7 Å². The predicted octanol–water partition coefficient (Wildman–Crippen LogP) is 1.01. The molecule has 7 nitrogen and oxygen atoms in total. The second-order valence-corrected chi connectivity index (χ2v) is 8.25. The molecular formula is C22H31N5O2. The Balaban J connectivity index is 1.50. The fourth-order valence-electron chi connectivity index (χ4n) is 4.57. The van der Waals surface area contributed by atoms with Crippen molar-refractivity contribution in [3.05, 3.63) is 54.4 Å². The molecule has 0 unspecified atom stereocenters. The summed E-state index contributed by atoms with van der Waals surface area (Å²) in [6, 6.07) is 11.7. The molecule has 2 saturated heterocycles. The highest BCUT2D eigenvalue weighted by atomic mass is 16.3. The molecule has 0 bridgehead atoms. The van der Waals surface area contributed by atoms with Crippen LogP contribution in [0.15, 0.2) is 48.8 Å². The molecule has 1 N–H and O–H groups in total. The second kappa shape index (κ2) is 8.65. The maximum Gasteiger partial charge on any atom is 0.224 e. The van der Waals surface area contributed by atoms with E-state index in [2.05, 4.69) is 21.9 Å². The monoisotopic (exact) mass is 397 g/mol. The van der Waals surface area contributed by atoms with Gasteiger partial charge < -0.3 is 14.9 Å². The SMILES string of the molecule is CN1CCN([C@@H]2CN(C(=O)CCn3cccn3)CC[C@]2(O)c2ccccc2)CC1. The Morgan fingerprint density at radius 2 is 1.90 bits per heavy atom. The molecule has 2 aliphatic rings. The predicted molar refractivity (Wildman–Crippen MR) is 111 cm³/mol. The molecule has 0 radical (unpaired) electrons. The van der Waals surface area contributed by atoms with E-state index in [9.17, 15) is 9.90 Å². The lowest BCUT2D eigenvalue weighted by Crippen LogP contribution is -2.64. The van der Waals surface area contributed by atoms with Gasteiger partial charge in [-0.3, -0.25) is 14.4 Å². The molecule has 0 saturated carbocycles. The number of likely N-dealkylation sites (N-methyl/N-ethyl adjacent to an activating group) is 1. The molecule has 2 fully saturated rings. The number of piperazine rings is 1. The van der Waals surface area contributed by atoms with Crippen LogP contribution in [0.1, 0.15) is 18.4 Å². The molecule has 1 aromatic carbocycles. The summed E-state index contributed by atoms with van der Waals surface area (Å²) in [5.41, 5.74) is 0.0169. The number of amides is 1. The number of benzene rings is 1. The maximum atomic E-state index is 12.9. The average molecular weight is 398 g/mol. The second-order valence-electron chi connectivity index (χ2n) is 8.25. The molecule has 2 atom stereocenters. The first kappa shape index (κ1) is 20.1. The first-order chi connectivity index (χ1) is 14.1. The lowest BCUT2D eigenvalue weighted by Gasteiger charge is -2.51. The van der Waals surface area contributed by atoms with Gasteiger partial charge in [0, 0.05) is 64.6 Å². The Labute approximate surface area is 172 Å². The molecule has 2 aliphatic heterocycles. The topological polar surface area (TPSA) is 64.8 Å². The van der Waals surface area contributed by atoms with Gasteiger partial charge in [0.25, 0.3) is 0 Å². The zero-order chi connectivity index (χ0) is 20.3. The van der Waals surface area contributed by atoms with Crippen LogP contribution in [-0.4, -0.2) is 87.9 Å². The first-order valence-electron chi connectivity index (χ1n) is 10.5. The van der Waals surface area contributed by atoms with Crippen LogP contribution in [0, 0.1) is 0 Å². The summed E-state index contributed by atoms with van der Waals surface area (Å²) < 4.78 is 1.79.